The first-order chi connectivity index (χ1) is 12.1. The fourth-order valence-corrected chi connectivity index (χ4v) is 3.00. The maximum Gasteiger partial charge on any atom is 0.269 e. The number of anilines is 2. The van der Waals surface area contributed by atoms with Crippen LogP contribution < -0.4 is 19.7 Å². The molecule has 25 heavy (non-hydrogen) atoms. The third-order valence-corrected chi connectivity index (χ3v) is 4.34. The molecule has 1 unspecified atom stereocenters. The van der Waals surface area contributed by atoms with E-state index in [1.165, 1.54) is 12.1 Å². The van der Waals surface area contributed by atoms with Gasteiger partial charge in [-0.05, 0) is 18.6 Å². The molecule has 132 valence electrons. The highest BCUT2D eigenvalue weighted by Crippen LogP contribution is 2.31. The van der Waals surface area contributed by atoms with E-state index < -0.39 is 4.92 Å². The van der Waals surface area contributed by atoms with Crippen molar-refractivity contribution < 1.29 is 14.4 Å². The van der Waals surface area contributed by atoms with E-state index in [0.29, 0.717) is 0 Å². The zero-order valence-electron chi connectivity index (χ0n) is 14.3. The molecule has 3 rings (SSSR count). The minimum absolute atomic E-state index is 0.0991. The van der Waals surface area contributed by atoms with E-state index in [4.69, 9.17) is 9.47 Å². The van der Waals surface area contributed by atoms with Crippen molar-refractivity contribution in [2.45, 2.75) is 12.5 Å². The summed E-state index contributed by atoms with van der Waals surface area (Å²) in [6.07, 6.45) is 0.983. The molecule has 1 atom stereocenters. The van der Waals surface area contributed by atoms with Gasteiger partial charge in [0.25, 0.3) is 5.69 Å². The van der Waals surface area contributed by atoms with E-state index in [1.807, 2.05) is 18.2 Å². The number of nitro groups is 1. The van der Waals surface area contributed by atoms with Crippen molar-refractivity contribution in [1.82, 2.24) is 0 Å². The van der Waals surface area contributed by atoms with E-state index in [2.05, 4.69) is 10.2 Å². The molecule has 1 saturated heterocycles. The average molecular weight is 343 g/mol. The van der Waals surface area contributed by atoms with E-state index in [0.717, 1.165) is 42.4 Å². The summed E-state index contributed by atoms with van der Waals surface area (Å²) in [5.74, 6) is 1.53. The molecule has 1 aliphatic rings. The highest BCUT2D eigenvalue weighted by Gasteiger charge is 2.23. The molecule has 1 aliphatic heterocycles. The summed E-state index contributed by atoms with van der Waals surface area (Å²) in [4.78, 5) is 12.6. The smallest absolute Gasteiger partial charge is 0.269 e. The maximum absolute atomic E-state index is 10.7. The fourth-order valence-electron chi connectivity index (χ4n) is 3.00. The predicted octanol–water partition coefficient (Wildman–Crippen LogP) is 3.30. The number of methoxy groups -OCH3 is 2. The lowest BCUT2D eigenvalue weighted by molar-refractivity contribution is -0.384. The monoisotopic (exact) mass is 343 g/mol. The molecule has 1 heterocycles. The largest absolute Gasteiger partial charge is 0.497 e. The molecule has 2 aromatic carbocycles. The van der Waals surface area contributed by atoms with Gasteiger partial charge in [0.05, 0.1) is 19.1 Å². The third kappa shape index (κ3) is 3.93. The van der Waals surface area contributed by atoms with Gasteiger partial charge in [-0.15, -0.1) is 0 Å². The van der Waals surface area contributed by atoms with Crippen LogP contribution in [0.5, 0.6) is 11.5 Å². The number of non-ortho nitro benzene ring substituents is 1. The molecule has 7 nitrogen and oxygen atoms in total. The van der Waals surface area contributed by atoms with E-state index in [-0.39, 0.29) is 11.7 Å². The van der Waals surface area contributed by atoms with Crippen LogP contribution >= 0.6 is 0 Å². The van der Waals surface area contributed by atoms with Gasteiger partial charge in [-0.2, -0.15) is 0 Å². The molecule has 0 aromatic heterocycles. The van der Waals surface area contributed by atoms with Crippen molar-refractivity contribution in [3.8, 4) is 11.5 Å². The van der Waals surface area contributed by atoms with Crippen molar-refractivity contribution in [1.29, 1.82) is 0 Å². The fraction of sp³-hybridized carbons (Fsp3) is 0.333. The third-order valence-electron chi connectivity index (χ3n) is 4.34. The van der Waals surface area contributed by atoms with Crippen LogP contribution in [-0.4, -0.2) is 38.3 Å². The van der Waals surface area contributed by atoms with Gasteiger partial charge in [-0.1, -0.05) is 0 Å². The minimum Gasteiger partial charge on any atom is -0.497 e. The molecule has 0 aliphatic carbocycles. The highest BCUT2D eigenvalue weighted by molar-refractivity contribution is 5.57. The molecular formula is C18H21N3O4. The van der Waals surface area contributed by atoms with Gasteiger partial charge in [0.15, 0.2) is 0 Å². The van der Waals surface area contributed by atoms with Gasteiger partial charge < -0.3 is 19.7 Å². The summed E-state index contributed by atoms with van der Waals surface area (Å²) >= 11 is 0. The number of ether oxygens (including phenoxy) is 2. The molecular weight excluding hydrogens is 322 g/mol. The van der Waals surface area contributed by atoms with Crippen LogP contribution in [0.1, 0.15) is 6.42 Å². The van der Waals surface area contributed by atoms with Gasteiger partial charge in [0.1, 0.15) is 11.5 Å². The molecule has 0 saturated carbocycles. The first-order valence-electron chi connectivity index (χ1n) is 8.08. The first-order valence-corrected chi connectivity index (χ1v) is 8.08. The Kier molecular flexibility index (Phi) is 4.92. The Bertz CT molecular complexity index is 726. The van der Waals surface area contributed by atoms with Gasteiger partial charge >= 0.3 is 0 Å². The lowest BCUT2D eigenvalue weighted by atomic mass is 10.2. The summed E-state index contributed by atoms with van der Waals surface area (Å²) in [5.41, 5.74) is 2.05. The van der Waals surface area contributed by atoms with Crippen molar-refractivity contribution >= 4 is 17.1 Å². The maximum atomic E-state index is 10.7. The molecule has 0 bridgehead atoms. The van der Waals surface area contributed by atoms with E-state index in [9.17, 15) is 10.1 Å². The standard InChI is InChI=1S/C18H21N3O4/c1-24-17-9-16(10-18(11-17)25-2)20-8-7-14(12-20)19-13-3-5-15(6-4-13)21(22)23/h3-6,9-11,14,19H,7-8,12H2,1-2H3. The molecule has 1 fully saturated rings. The highest BCUT2D eigenvalue weighted by atomic mass is 16.6. The lowest BCUT2D eigenvalue weighted by Gasteiger charge is -2.21. The van der Waals surface area contributed by atoms with Gasteiger partial charge in [0, 0.05) is 60.8 Å². The Labute approximate surface area is 146 Å². The number of nitro benzene ring substituents is 1. The Morgan fingerprint density at radius 2 is 1.76 bits per heavy atom. The van der Waals surface area contributed by atoms with Crippen molar-refractivity contribution in [2.75, 3.05) is 37.5 Å². The molecule has 7 heteroatoms. The van der Waals surface area contributed by atoms with Gasteiger partial charge in [-0.25, -0.2) is 0 Å². The van der Waals surface area contributed by atoms with Gasteiger partial charge in [-0.3, -0.25) is 10.1 Å². The number of hydrogen-bond acceptors (Lipinski definition) is 6. The van der Waals surface area contributed by atoms with Crippen LogP contribution in [0.2, 0.25) is 0 Å². The number of hydrogen-bond donors (Lipinski definition) is 1. The van der Waals surface area contributed by atoms with Crippen molar-refractivity contribution in [2.24, 2.45) is 0 Å². The van der Waals surface area contributed by atoms with Crippen LogP contribution in [0.4, 0.5) is 17.1 Å². The van der Waals surface area contributed by atoms with Crippen LogP contribution in [0.25, 0.3) is 0 Å². The Hall–Kier alpha value is -2.96. The normalized spacial score (nSPS) is 16.6. The van der Waals surface area contributed by atoms with Crippen molar-refractivity contribution in [3.63, 3.8) is 0 Å². The summed E-state index contributed by atoms with van der Waals surface area (Å²) in [6, 6.07) is 12.6. The zero-order chi connectivity index (χ0) is 17.8. The molecule has 1 N–H and O–H groups in total. The SMILES string of the molecule is COc1cc(OC)cc(N2CCC(Nc3ccc([N+](=O)[O-])cc3)C2)c1. The van der Waals surface area contributed by atoms with Crippen LogP contribution in [-0.2, 0) is 0 Å². The Morgan fingerprint density at radius 1 is 1.12 bits per heavy atom. The summed E-state index contributed by atoms with van der Waals surface area (Å²) in [5, 5.41) is 14.2. The van der Waals surface area contributed by atoms with Crippen LogP contribution in [0.3, 0.4) is 0 Å². The van der Waals surface area contributed by atoms with Crippen molar-refractivity contribution in [3.05, 3.63) is 52.6 Å². The van der Waals surface area contributed by atoms with E-state index in [1.54, 1.807) is 26.4 Å². The molecule has 2 aromatic rings. The number of rotatable bonds is 6. The zero-order valence-corrected chi connectivity index (χ0v) is 14.3. The molecule has 0 spiro atoms. The first kappa shape index (κ1) is 16.9. The van der Waals surface area contributed by atoms with Crippen LogP contribution in [0, 0.1) is 10.1 Å². The quantitative estimate of drug-likeness (QED) is 0.640. The second-order valence-corrected chi connectivity index (χ2v) is 5.95. The van der Waals surface area contributed by atoms with Gasteiger partial charge in [0.2, 0.25) is 0 Å². The van der Waals surface area contributed by atoms with E-state index >= 15 is 0 Å². The second kappa shape index (κ2) is 7.29. The topological polar surface area (TPSA) is 76.9 Å². The number of nitrogens with one attached hydrogen (secondary N) is 1. The summed E-state index contributed by atoms with van der Waals surface area (Å²) < 4.78 is 10.7. The van der Waals surface area contributed by atoms with Crippen LogP contribution in [0.15, 0.2) is 42.5 Å². The number of nitrogens with zero attached hydrogens (tertiary/aromatic N) is 2. The summed E-state index contributed by atoms with van der Waals surface area (Å²) in [7, 11) is 3.28. The lowest BCUT2D eigenvalue weighted by Crippen LogP contribution is -2.26. The minimum atomic E-state index is -0.392. The predicted molar refractivity (Wildman–Crippen MR) is 96.9 cm³/mol. The Balaban J connectivity index is 1.66. The molecule has 0 radical (unpaired) electrons. The second-order valence-electron chi connectivity index (χ2n) is 5.95. The summed E-state index contributed by atoms with van der Waals surface area (Å²) in [6.45, 7) is 1.76. The number of benzene rings is 2. The molecule has 0 amide bonds. The Morgan fingerprint density at radius 3 is 2.32 bits per heavy atom. The average Bonchev–Trinajstić information content (AvgIpc) is 3.10.